The molecule has 3 heterocycles. The van der Waals surface area contributed by atoms with Gasteiger partial charge in [-0.15, -0.1) is 11.3 Å². The lowest BCUT2D eigenvalue weighted by molar-refractivity contribution is 0.0373. The number of hydrogen-bond donors (Lipinski definition) is 0. The monoisotopic (exact) mass is 338 g/mol. The highest BCUT2D eigenvalue weighted by atomic mass is 32.1. The Kier molecular flexibility index (Phi) is 7.36. The van der Waals surface area contributed by atoms with Crippen molar-refractivity contribution in [2.45, 2.75) is 25.7 Å². The smallest absolute Gasteiger partial charge is 0.0594 e. The molecule has 23 heavy (non-hydrogen) atoms. The zero-order valence-electron chi connectivity index (χ0n) is 14.2. The molecule has 0 atom stereocenters. The summed E-state index contributed by atoms with van der Waals surface area (Å²) in [5, 5.41) is 2.27. The van der Waals surface area contributed by atoms with Gasteiger partial charge in [-0.2, -0.15) is 0 Å². The van der Waals surface area contributed by atoms with Gasteiger partial charge in [0.15, 0.2) is 0 Å². The fraction of sp³-hybridized carbons (Fsp3) is 0.778. The molecule has 5 heteroatoms. The highest BCUT2D eigenvalue weighted by Gasteiger charge is 2.12. The minimum atomic E-state index is 0.908. The first-order chi connectivity index (χ1) is 11.4. The van der Waals surface area contributed by atoms with E-state index in [1.165, 1.54) is 38.8 Å². The largest absolute Gasteiger partial charge is 0.379 e. The van der Waals surface area contributed by atoms with Crippen molar-refractivity contribution < 1.29 is 9.47 Å². The number of aryl methyl sites for hydroxylation is 2. The summed E-state index contributed by atoms with van der Waals surface area (Å²) in [6.45, 7) is 10.5. The number of ether oxygens (including phenoxy) is 2. The number of hydrogen-bond acceptors (Lipinski definition) is 5. The third kappa shape index (κ3) is 5.84. The van der Waals surface area contributed by atoms with E-state index in [0.29, 0.717) is 0 Å². The third-order valence-electron chi connectivity index (χ3n) is 4.84. The molecule has 0 unspecified atom stereocenters. The topological polar surface area (TPSA) is 24.9 Å². The van der Waals surface area contributed by atoms with Crippen molar-refractivity contribution in [2.75, 3.05) is 65.7 Å². The third-order valence-corrected chi connectivity index (χ3v) is 5.87. The van der Waals surface area contributed by atoms with Crippen LogP contribution in [0.15, 0.2) is 11.4 Å². The second-order valence-corrected chi connectivity index (χ2v) is 7.48. The second-order valence-electron chi connectivity index (χ2n) is 6.48. The van der Waals surface area contributed by atoms with E-state index < -0.39 is 0 Å². The number of nitrogens with zero attached hydrogens (tertiary/aromatic N) is 2. The van der Waals surface area contributed by atoms with Crippen LogP contribution in [0.2, 0.25) is 0 Å². The number of rotatable bonds is 8. The maximum Gasteiger partial charge on any atom is 0.0594 e. The first-order valence-electron chi connectivity index (χ1n) is 9.07. The van der Waals surface area contributed by atoms with Crippen molar-refractivity contribution in [3.05, 3.63) is 21.9 Å². The molecule has 1 aromatic rings. The van der Waals surface area contributed by atoms with E-state index in [-0.39, 0.29) is 0 Å². The molecule has 3 rings (SSSR count). The molecule has 4 nitrogen and oxygen atoms in total. The van der Waals surface area contributed by atoms with Crippen molar-refractivity contribution in [3.63, 3.8) is 0 Å². The van der Waals surface area contributed by atoms with Gasteiger partial charge < -0.3 is 9.47 Å². The highest BCUT2D eigenvalue weighted by molar-refractivity contribution is 7.10. The molecule has 0 bridgehead atoms. The van der Waals surface area contributed by atoms with Crippen molar-refractivity contribution in [1.29, 1.82) is 0 Å². The van der Waals surface area contributed by atoms with Crippen LogP contribution in [0, 0.1) is 0 Å². The van der Waals surface area contributed by atoms with E-state index in [4.69, 9.17) is 9.47 Å². The van der Waals surface area contributed by atoms with Crippen molar-refractivity contribution in [1.82, 2.24) is 9.80 Å². The zero-order chi connectivity index (χ0) is 15.7. The van der Waals surface area contributed by atoms with Gasteiger partial charge in [-0.25, -0.2) is 0 Å². The van der Waals surface area contributed by atoms with Crippen LogP contribution in [0.5, 0.6) is 0 Å². The normalized spacial score (nSPS) is 20.9. The summed E-state index contributed by atoms with van der Waals surface area (Å²) < 4.78 is 10.8. The molecule has 0 aromatic carbocycles. The lowest BCUT2D eigenvalue weighted by Crippen LogP contribution is -2.37. The van der Waals surface area contributed by atoms with Gasteiger partial charge in [-0.1, -0.05) is 0 Å². The molecular weight excluding hydrogens is 308 g/mol. The van der Waals surface area contributed by atoms with Gasteiger partial charge in [-0.05, 0) is 55.8 Å². The fourth-order valence-electron chi connectivity index (χ4n) is 3.42. The maximum absolute atomic E-state index is 5.41. The molecule has 0 radical (unpaired) electrons. The Labute approximate surface area is 144 Å². The van der Waals surface area contributed by atoms with Crippen LogP contribution in [-0.2, 0) is 22.3 Å². The number of thiophene rings is 1. The van der Waals surface area contributed by atoms with Crippen LogP contribution in [0.4, 0.5) is 0 Å². The van der Waals surface area contributed by atoms with E-state index >= 15 is 0 Å². The van der Waals surface area contributed by atoms with Gasteiger partial charge in [0.05, 0.1) is 26.4 Å². The lowest BCUT2D eigenvalue weighted by atomic mass is 10.1. The summed E-state index contributed by atoms with van der Waals surface area (Å²) in [6, 6.07) is 2.34. The minimum Gasteiger partial charge on any atom is -0.379 e. The Bertz CT molecular complexity index is 401. The molecule has 2 aliphatic rings. The molecule has 0 saturated carbocycles. The predicted octanol–water partition coefficient (Wildman–Crippen LogP) is 2.28. The van der Waals surface area contributed by atoms with Crippen LogP contribution in [0.25, 0.3) is 0 Å². The summed E-state index contributed by atoms with van der Waals surface area (Å²) in [5.74, 6) is 0. The van der Waals surface area contributed by atoms with Crippen molar-refractivity contribution in [3.8, 4) is 0 Å². The second kappa shape index (κ2) is 9.74. The highest BCUT2D eigenvalue weighted by Crippen LogP contribution is 2.20. The van der Waals surface area contributed by atoms with Crippen LogP contribution < -0.4 is 0 Å². The number of morpholine rings is 2. The van der Waals surface area contributed by atoms with E-state index in [1.54, 1.807) is 10.4 Å². The molecular formula is C18H30N2O2S. The Balaban J connectivity index is 1.34. The molecule has 2 fully saturated rings. The van der Waals surface area contributed by atoms with Gasteiger partial charge in [0, 0.05) is 31.1 Å². The molecule has 0 spiro atoms. The average Bonchev–Trinajstić information content (AvgIpc) is 3.04. The van der Waals surface area contributed by atoms with E-state index in [2.05, 4.69) is 21.2 Å². The summed E-state index contributed by atoms with van der Waals surface area (Å²) in [4.78, 5) is 6.68. The molecule has 0 N–H and O–H groups in total. The SMILES string of the molecule is c1cc(CCCN2CCOCC2)c(CCCN2CCOCC2)s1. The molecule has 2 saturated heterocycles. The molecule has 1 aromatic heterocycles. The van der Waals surface area contributed by atoms with Crippen molar-refractivity contribution >= 4 is 11.3 Å². The van der Waals surface area contributed by atoms with Crippen molar-refractivity contribution in [2.24, 2.45) is 0 Å². The Morgan fingerprint density at radius 1 is 0.826 bits per heavy atom. The van der Waals surface area contributed by atoms with Crippen LogP contribution >= 0.6 is 11.3 Å². The summed E-state index contributed by atoms with van der Waals surface area (Å²) in [5.41, 5.74) is 1.59. The Hall–Kier alpha value is -0.460. The standard InChI is InChI=1S/C18H30N2O2S/c1(6-19-8-12-21-13-9-19)3-17-5-16-23-18(17)4-2-7-20-10-14-22-15-11-20/h5,16H,1-4,6-15H2. The summed E-state index contributed by atoms with van der Waals surface area (Å²) >= 11 is 1.95. The minimum absolute atomic E-state index is 0.908. The molecule has 130 valence electrons. The van der Waals surface area contributed by atoms with Crippen LogP contribution in [-0.4, -0.2) is 75.5 Å². The van der Waals surface area contributed by atoms with Gasteiger partial charge in [0.1, 0.15) is 0 Å². The molecule has 2 aliphatic heterocycles. The first kappa shape index (κ1) is 17.4. The maximum atomic E-state index is 5.41. The van der Waals surface area contributed by atoms with Crippen LogP contribution in [0.3, 0.4) is 0 Å². The van der Waals surface area contributed by atoms with Gasteiger partial charge in [0.2, 0.25) is 0 Å². The van der Waals surface area contributed by atoms with Gasteiger partial charge >= 0.3 is 0 Å². The molecule has 0 amide bonds. The van der Waals surface area contributed by atoms with Crippen LogP contribution in [0.1, 0.15) is 23.3 Å². The lowest BCUT2D eigenvalue weighted by Gasteiger charge is -2.26. The summed E-state index contributed by atoms with van der Waals surface area (Å²) in [7, 11) is 0. The Morgan fingerprint density at radius 2 is 1.39 bits per heavy atom. The van der Waals surface area contributed by atoms with Gasteiger partial charge in [-0.3, -0.25) is 9.80 Å². The quantitative estimate of drug-likeness (QED) is 0.726. The average molecular weight is 339 g/mol. The van der Waals surface area contributed by atoms with Gasteiger partial charge in [0.25, 0.3) is 0 Å². The summed E-state index contributed by atoms with van der Waals surface area (Å²) in [6.07, 6.45) is 5.01. The van der Waals surface area contributed by atoms with E-state index in [9.17, 15) is 0 Å². The fourth-order valence-corrected chi connectivity index (χ4v) is 4.40. The van der Waals surface area contributed by atoms with E-state index in [0.717, 1.165) is 52.6 Å². The zero-order valence-corrected chi connectivity index (χ0v) is 15.0. The Morgan fingerprint density at radius 3 is 2.00 bits per heavy atom. The predicted molar refractivity (Wildman–Crippen MR) is 95.5 cm³/mol. The molecule has 0 aliphatic carbocycles. The first-order valence-corrected chi connectivity index (χ1v) is 9.95. The van der Waals surface area contributed by atoms with E-state index in [1.807, 2.05) is 11.3 Å².